The molecule has 0 saturated carbocycles. The molecule has 0 bridgehead atoms. The van der Waals surface area contributed by atoms with Gasteiger partial charge in [0.1, 0.15) is 0 Å². The average molecular weight is 353 g/mol. The lowest BCUT2D eigenvalue weighted by Gasteiger charge is -2.06. The van der Waals surface area contributed by atoms with Crippen molar-refractivity contribution in [1.82, 2.24) is 5.32 Å². The third-order valence-electron chi connectivity index (χ3n) is 4.50. The van der Waals surface area contributed by atoms with Gasteiger partial charge in [-0.15, -0.1) is 0 Å². The quantitative estimate of drug-likeness (QED) is 0.385. The van der Waals surface area contributed by atoms with Crippen LogP contribution in [0.15, 0.2) is 18.2 Å². The maximum atomic E-state index is 13.1. The molecule has 0 aliphatic rings. The van der Waals surface area contributed by atoms with Crippen molar-refractivity contribution in [1.29, 1.82) is 0 Å². The Bertz CT molecular complexity index is 491. The van der Waals surface area contributed by atoms with Crippen LogP contribution in [0.1, 0.15) is 94.3 Å². The van der Waals surface area contributed by atoms with Crippen LogP contribution in [0.5, 0.6) is 0 Å². The first kappa shape index (κ1) is 21.6. The molecule has 1 aromatic rings. The fourth-order valence-corrected chi connectivity index (χ4v) is 2.91. The molecule has 0 aliphatic carbocycles. The highest BCUT2D eigenvalue weighted by atomic mass is 19.2. The molecule has 142 valence electrons. The lowest BCUT2D eigenvalue weighted by atomic mass is 10.1. The second-order valence-electron chi connectivity index (χ2n) is 6.77. The van der Waals surface area contributed by atoms with Gasteiger partial charge >= 0.3 is 0 Å². The van der Waals surface area contributed by atoms with Crippen molar-refractivity contribution < 1.29 is 13.6 Å². The Morgan fingerprint density at radius 3 is 1.84 bits per heavy atom. The van der Waals surface area contributed by atoms with Crippen LogP contribution in [0, 0.1) is 11.6 Å². The molecular weight excluding hydrogens is 320 g/mol. The van der Waals surface area contributed by atoms with Crippen LogP contribution in [0.2, 0.25) is 0 Å². The van der Waals surface area contributed by atoms with Gasteiger partial charge in [-0.05, 0) is 24.6 Å². The first-order valence-corrected chi connectivity index (χ1v) is 9.88. The van der Waals surface area contributed by atoms with E-state index in [2.05, 4.69) is 12.2 Å². The highest BCUT2D eigenvalue weighted by Crippen LogP contribution is 2.12. The molecule has 0 spiro atoms. The molecule has 0 atom stereocenters. The Kier molecular flexibility index (Phi) is 11.9. The van der Waals surface area contributed by atoms with Gasteiger partial charge in [-0.1, -0.05) is 77.6 Å². The molecule has 1 amide bonds. The summed E-state index contributed by atoms with van der Waals surface area (Å²) in [5, 5.41) is 2.75. The van der Waals surface area contributed by atoms with Crippen molar-refractivity contribution in [2.45, 2.75) is 84.0 Å². The predicted molar refractivity (Wildman–Crippen MR) is 99.8 cm³/mol. The van der Waals surface area contributed by atoms with Crippen molar-refractivity contribution >= 4 is 5.91 Å². The summed E-state index contributed by atoms with van der Waals surface area (Å²) in [7, 11) is 0. The van der Waals surface area contributed by atoms with E-state index in [1.807, 2.05) is 0 Å². The van der Waals surface area contributed by atoms with E-state index in [-0.39, 0.29) is 11.5 Å². The standard InChI is InChI=1S/C21H33F2NO/c1-2-3-4-5-6-7-8-9-10-11-12-13-16-24-21(25)18-14-15-19(22)20(23)17-18/h14-15,17H,2-13,16H2,1H3,(H,24,25). The molecule has 0 radical (unpaired) electrons. The summed E-state index contributed by atoms with van der Waals surface area (Å²) in [6, 6.07) is 3.22. The molecule has 0 aromatic heterocycles. The molecule has 25 heavy (non-hydrogen) atoms. The SMILES string of the molecule is CCCCCCCCCCCCCCNC(=O)c1ccc(F)c(F)c1. The van der Waals surface area contributed by atoms with Crippen molar-refractivity contribution in [2.75, 3.05) is 6.54 Å². The number of halogens is 2. The topological polar surface area (TPSA) is 29.1 Å². The minimum Gasteiger partial charge on any atom is -0.352 e. The highest BCUT2D eigenvalue weighted by molar-refractivity contribution is 5.94. The number of unbranched alkanes of at least 4 members (excludes halogenated alkanes) is 11. The van der Waals surface area contributed by atoms with Crippen molar-refractivity contribution in [3.63, 3.8) is 0 Å². The lowest BCUT2D eigenvalue weighted by molar-refractivity contribution is 0.0952. The Morgan fingerprint density at radius 2 is 1.32 bits per heavy atom. The van der Waals surface area contributed by atoms with Crippen LogP contribution in [-0.2, 0) is 0 Å². The summed E-state index contributed by atoms with van der Waals surface area (Å²) in [5.74, 6) is -2.27. The second-order valence-corrected chi connectivity index (χ2v) is 6.77. The van der Waals surface area contributed by atoms with Gasteiger partial charge in [0.25, 0.3) is 5.91 Å². The number of hydrogen-bond acceptors (Lipinski definition) is 1. The first-order chi connectivity index (χ1) is 12.1. The monoisotopic (exact) mass is 353 g/mol. The Hall–Kier alpha value is -1.45. The van der Waals surface area contributed by atoms with Crippen LogP contribution in [0.4, 0.5) is 8.78 Å². The van der Waals surface area contributed by atoms with Gasteiger partial charge in [-0.25, -0.2) is 8.78 Å². The summed E-state index contributed by atoms with van der Waals surface area (Å²) in [4.78, 5) is 11.8. The fraction of sp³-hybridized carbons (Fsp3) is 0.667. The number of benzene rings is 1. The second kappa shape index (κ2) is 13.8. The van der Waals surface area contributed by atoms with Crippen LogP contribution in [-0.4, -0.2) is 12.5 Å². The van der Waals surface area contributed by atoms with E-state index in [1.165, 1.54) is 70.3 Å². The minimum absolute atomic E-state index is 0.165. The molecule has 2 nitrogen and oxygen atoms in total. The van der Waals surface area contributed by atoms with Gasteiger partial charge in [0, 0.05) is 12.1 Å². The van der Waals surface area contributed by atoms with E-state index in [0.717, 1.165) is 25.0 Å². The highest BCUT2D eigenvalue weighted by Gasteiger charge is 2.08. The maximum absolute atomic E-state index is 13.1. The Morgan fingerprint density at radius 1 is 0.800 bits per heavy atom. The number of amides is 1. The van der Waals surface area contributed by atoms with E-state index in [1.54, 1.807) is 0 Å². The molecule has 0 saturated heterocycles. The third-order valence-corrected chi connectivity index (χ3v) is 4.50. The molecule has 1 aromatic carbocycles. The lowest BCUT2D eigenvalue weighted by Crippen LogP contribution is -2.24. The Balaban J connectivity index is 1.93. The minimum atomic E-state index is -0.988. The van der Waals surface area contributed by atoms with Crippen LogP contribution in [0.3, 0.4) is 0 Å². The van der Waals surface area contributed by atoms with Crippen LogP contribution in [0.25, 0.3) is 0 Å². The molecule has 0 fully saturated rings. The smallest absolute Gasteiger partial charge is 0.251 e. The number of carbonyl (C=O) groups is 1. The van der Waals surface area contributed by atoms with E-state index in [4.69, 9.17) is 0 Å². The summed E-state index contributed by atoms with van der Waals surface area (Å²) in [6.45, 7) is 2.82. The molecular formula is C21H33F2NO. The molecule has 0 unspecified atom stereocenters. The van der Waals surface area contributed by atoms with Crippen LogP contribution < -0.4 is 5.32 Å². The van der Waals surface area contributed by atoms with Gasteiger partial charge in [-0.2, -0.15) is 0 Å². The molecule has 1 rings (SSSR count). The normalized spacial score (nSPS) is 10.8. The zero-order chi connectivity index (χ0) is 18.3. The third kappa shape index (κ3) is 10.2. The number of carbonyl (C=O) groups excluding carboxylic acids is 1. The Labute approximate surface area is 151 Å². The van der Waals surface area contributed by atoms with Gasteiger partial charge in [0.15, 0.2) is 11.6 Å². The van der Waals surface area contributed by atoms with Gasteiger partial charge in [0.05, 0.1) is 0 Å². The zero-order valence-electron chi connectivity index (χ0n) is 15.6. The summed E-state index contributed by atoms with van der Waals surface area (Å²) in [6.07, 6.45) is 15.3. The van der Waals surface area contributed by atoms with Crippen molar-refractivity contribution in [3.05, 3.63) is 35.4 Å². The van der Waals surface area contributed by atoms with E-state index in [9.17, 15) is 13.6 Å². The molecule has 0 heterocycles. The van der Waals surface area contributed by atoms with Crippen molar-refractivity contribution in [3.8, 4) is 0 Å². The first-order valence-electron chi connectivity index (χ1n) is 9.88. The fourth-order valence-electron chi connectivity index (χ4n) is 2.91. The average Bonchev–Trinajstić information content (AvgIpc) is 2.61. The summed E-state index contributed by atoms with van der Waals surface area (Å²) >= 11 is 0. The number of nitrogens with one attached hydrogen (secondary N) is 1. The van der Waals surface area contributed by atoms with Crippen LogP contribution >= 0.6 is 0 Å². The largest absolute Gasteiger partial charge is 0.352 e. The summed E-state index contributed by atoms with van der Waals surface area (Å²) in [5.41, 5.74) is 0.165. The maximum Gasteiger partial charge on any atom is 0.251 e. The summed E-state index contributed by atoms with van der Waals surface area (Å²) < 4.78 is 25.9. The van der Waals surface area contributed by atoms with E-state index in [0.29, 0.717) is 6.54 Å². The van der Waals surface area contributed by atoms with Gasteiger partial charge in [0.2, 0.25) is 0 Å². The van der Waals surface area contributed by atoms with Gasteiger partial charge in [-0.3, -0.25) is 4.79 Å². The van der Waals surface area contributed by atoms with Crippen molar-refractivity contribution in [2.24, 2.45) is 0 Å². The van der Waals surface area contributed by atoms with E-state index < -0.39 is 11.6 Å². The molecule has 0 aliphatic heterocycles. The van der Waals surface area contributed by atoms with E-state index >= 15 is 0 Å². The number of hydrogen-bond donors (Lipinski definition) is 1. The zero-order valence-corrected chi connectivity index (χ0v) is 15.6. The molecule has 1 N–H and O–H groups in total. The predicted octanol–water partition coefficient (Wildman–Crippen LogP) is 6.40. The van der Waals surface area contributed by atoms with Gasteiger partial charge < -0.3 is 5.32 Å². The number of rotatable bonds is 14. The molecule has 4 heteroatoms.